The first kappa shape index (κ1) is 9.90. The summed E-state index contributed by atoms with van der Waals surface area (Å²) in [6, 6.07) is 4.22. The van der Waals surface area contributed by atoms with Gasteiger partial charge < -0.3 is 9.64 Å². The van der Waals surface area contributed by atoms with Crippen molar-refractivity contribution in [3.8, 4) is 5.75 Å². The molecular formula is C11H17NO. The van der Waals surface area contributed by atoms with Gasteiger partial charge in [-0.15, -0.1) is 0 Å². The average Bonchev–Trinajstić information content (AvgIpc) is 2.08. The highest BCUT2D eigenvalue weighted by Crippen LogP contribution is 2.28. The summed E-state index contributed by atoms with van der Waals surface area (Å²) in [5.41, 5.74) is 3.64. The van der Waals surface area contributed by atoms with Crippen molar-refractivity contribution < 1.29 is 4.74 Å². The fourth-order valence-electron chi connectivity index (χ4n) is 1.48. The summed E-state index contributed by atoms with van der Waals surface area (Å²) in [4.78, 5) is 2.10. The third kappa shape index (κ3) is 1.94. The maximum absolute atomic E-state index is 5.29. The Hall–Kier alpha value is -1.18. The molecule has 0 saturated carbocycles. The van der Waals surface area contributed by atoms with Crippen LogP contribution in [0, 0.1) is 13.8 Å². The van der Waals surface area contributed by atoms with Crippen molar-refractivity contribution in [3.63, 3.8) is 0 Å². The number of nitrogens with zero attached hydrogens (tertiary/aromatic N) is 1. The van der Waals surface area contributed by atoms with Gasteiger partial charge in [0.25, 0.3) is 0 Å². The molecule has 2 nitrogen and oxygen atoms in total. The molecule has 0 atom stereocenters. The molecule has 0 amide bonds. The molecule has 0 unspecified atom stereocenters. The van der Waals surface area contributed by atoms with Crippen LogP contribution in [-0.2, 0) is 0 Å². The highest BCUT2D eigenvalue weighted by atomic mass is 16.5. The van der Waals surface area contributed by atoms with E-state index in [2.05, 4.69) is 30.9 Å². The monoisotopic (exact) mass is 179 g/mol. The van der Waals surface area contributed by atoms with Gasteiger partial charge in [-0.2, -0.15) is 0 Å². The Morgan fingerprint density at radius 3 is 2.23 bits per heavy atom. The first-order valence-corrected chi connectivity index (χ1v) is 4.39. The molecule has 0 N–H and O–H groups in total. The molecule has 0 aromatic heterocycles. The molecule has 72 valence electrons. The van der Waals surface area contributed by atoms with E-state index in [4.69, 9.17) is 4.74 Å². The Balaban J connectivity index is 3.27. The molecule has 0 aliphatic heterocycles. The Morgan fingerprint density at radius 1 is 1.15 bits per heavy atom. The van der Waals surface area contributed by atoms with Gasteiger partial charge in [0.05, 0.1) is 7.11 Å². The lowest BCUT2D eigenvalue weighted by molar-refractivity contribution is 0.411. The molecule has 0 bridgehead atoms. The zero-order chi connectivity index (χ0) is 10.0. The topological polar surface area (TPSA) is 12.5 Å². The second-order valence-electron chi connectivity index (χ2n) is 3.51. The number of aryl methyl sites for hydroxylation is 1. The van der Waals surface area contributed by atoms with Crippen molar-refractivity contribution >= 4 is 5.69 Å². The fourth-order valence-corrected chi connectivity index (χ4v) is 1.48. The van der Waals surface area contributed by atoms with Gasteiger partial charge in [0.1, 0.15) is 5.75 Å². The predicted molar refractivity (Wildman–Crippen MR) is 56.8 cm³/mol. The minimum Gasteiger partial charge on any atom is -0.496 e. The number of hydrogen-bond donors (Lipinski definition) is 0. The molecule has 1 rings (SSSR count). The van der Waals surface area contributed by atoms with E-state index in [0.717, 1.165) is 5.75 Å². The van der Waals surface area contributed by atoms with E-state index >= 15 is 0 Å². The SMILES string of the molecule is COc1cc(C)cc(N(C)C)c1C. The van der Waals surface area contributed by atoms with E-state index in [-0.39, 0.29) is 0 Å². The molecule has 0 spiro atoms. The molecule has 0 heterocycles. The Labute approximate surface area is 80.1 Å². The second kappa shape index (κ2) is 3.69. The summed E-state index contributed by atoms with van der Waals surface area (Å²) in [7, 11) is 5.80. The first-order chi connectivity index (χ1) is 6.06. The number of hydrogen-bond acceptors (Lipinski definition) is 2. The lowest BCUT2D eigenvalue weighted by atomic mass is 10.1. The van der Waals surface area contributed by atoms with Gasteiger partial charge in [0.15, 0.2) is 0 Å². The molecular weight excluding hydrogens is 162 g/mol. The molecule has 2 heteroatoms. The number of benzene rings is 1. The minimum absolute atomic E-state index is 0.962. The van der Waals surface area contributed by atoms with Crippen LogP contribution < -0.4 is 9.64 Å². The lowest BCUT2D eigenvalue weighted by Crippen LogP contribution is -2.11. The largest absolute Gasteiger partial charge is 0.496 e. The molecule has 13 heavy (non-hydrogen) atoms. The van der Waals surface area contributed by atoms with E-state index in [1.165, 1.54) is 16.8 Å². The van der Waals surface area contributed by atoms with Crippen LogP contribution in [0.3, 0.4) is 0 Å². The van der Waals surface area contributed by atoms with Gasteiger partial charge in [-0.05, 0) is 31.5 Å². The maximum atomic E-state index is 5.29. The third-order valence-corrected chi connectivity index (χ3v) is 2.18. The molecule has 0 fully saturated rings. The molecule has 1 aromatic carbocycles. The highest BCUT2D eigenvalue weighted by Gasteiger charge is 2.06. The zero-order valence-electron chi connectivity index (χ0n) is 9.01. The Kier molecular flexibility index (Phi) is 2.81. The van der Waals surface area contributed by atoms with Crippen LogP contribution >= 0.6 is 0 Å². The highest BCUT2D eigenvalue weighted by molar-refractivity contribution is 5.59. The maximum Gasteiger partial charge on any atom is 0.124 e. The smallest absolute Gasteiger partial charge is 0.124 e. The third-order valence-electron chi connectivity index (χ3n) is 2.18. The van der Waals surface area contributed by atoms with Crippen LogP contribution in [0.25, 0.3) is 0 Å². The van der Waals surface area contributed by atoms with Gasteiger partial charge in [-0.1, -0.05) is 0 Å². The van der Waals surface area contributed by atoms with Crippen molar-refractivity contribution in [2.75, 3.05) is 26.1 Å². The van der Waals surface area contributed by atoms with Crippen LogP contribution in [0.15, 0.2) is 12.1 Å². The summed E-state index contributed by atoms with van der Waals surface area (Å²) in [5.74, 6) is 0.962. The standard InChI is InChI=1S/C11H17NO/c1-8-6-10(12(3)4)9(2)11(7-8)13-5/h6-7H,1-5H3. The number of ether oxygens (including phenoxy) is 1. The summed E-state index contributed by atoms with van der Waals surface area (Å²) in [6.45, 7) is 4.16. The molecule has 0 saturated heterocycles. The summed E-state index contributed by atoms with van der Waals surface area (Å²) >= 11 is 0. The lowest BCUT2D eigenvalue weighted by Gasteiger charge is -2.18. The van der Waals surface area contributed by atoms with Gasteiger partial charge >= 0.3 is 0 Å². The molecule has 0 radical (unpaired) electrons. The summed E-state index contributed by atoms with van der Waals surface area (Å²) in [5, 5.41) is 0. The van der Waals surface area contributed by atoms with Crippen molar-refractivity contribution in [3.05, 3.63) is 23.3 Å². The van der Waals surface area contributed by atoms with E-state index in [0.29, 0.717) is 0 Å². The van der Waals surface area contributed by atoms with Gasteiger partial charge in [-0.3, -0.25) is 0 Å². The van der Waals surface area contributed by atoms with Crippen LogP contribution in [0.5, 0.6) is 5.75 Å². The van der Waals surface area contributed by atoms with Crippen LogP contribution in [0.1, 0.15) is 11.1 Å². The van der Waals surface area contributed by atoms with Crippen molar-refractivity contribution in [1.29, 1.82) is 0 Å². The molecule has 0 aliphatic carbocycles. The van der Waals surface area contributed by atoms with Gasteiger partial charge in [0, 0.05) is 25.3 Å². The van der Waals surface area contributed by atoms with Crippen LogP contribution in [0.4, 0.5) is 5.69 Å². The predicted octanol–water partition coefficient (Wildman–Crippen LogP) is 2.38. The Bertz CT molecular complexity index is 305. The van der Waals surface area contributed by atoms with Crippen LogP contribution in [0.2, 0.25) is 0 Å². The normalized spacial score (nSPS) is 9.92. The quantitative estimate of drug-likeness (QED) is 0.691. The zero-order valence-corrected chi connectivity index (χ0v) is 9.01. The van der Waals surface area contributed by atoms with E-state index in [1.54, 1.807) is 7.11 Å². The van der Waals surface area contributed by atoms with E-state index in [9.17, 15) is 0 Å². The number of methoxy groups -OCH3 is 1. The number of anilines is 1. The minimum atomic E-state index is 0.962. The van der Waals surface area contributed by atoms with Crippen molar-refractivity contribution in [2.45, 2.75) is 13.8 Å². The second-order valence-corrected chi connectivity index (χ2v) is 3.51. The van der Waals surface area contributed by atoms with Crippen molar-refractivity contribution in [1.82, 2.24) is 0 Å². The fraction of sp³-hybridized carbons (Fsp3) is 0.455. The van der Waals surface area contributed by atoms with E-state index < -0.39 is 0 Å². The number of rotatable bonds is 2. The van der Waals surface area contributed by atoms with E-state index in [1.807, 2.05) is 14.1 Å². The average molecular weight is 179 g/mol. The molecule has 0 aliphatic rings. The molecule has 1 aromatic rings. The first-order valence-electron chi connectivity index (χ1n) is 4.39. The van der Waals surface area contributed by atoms with Crippen LogP contribution in [-0.4, -0.2) is 21.2 Å². The summed E-state index contributed by atoms with van der Waals surface area (Å²) < 4.78 is 5.29. The van der Waals surface area contributed by atoms with Gasteiger partial charge in [-0.25, -0.2) is 0 Å². The van der Waals surface area contributed by atoms with Crippen molar-refractivity contribution in [2.24, 2.45) is 0 Å². The van der Waals surface area contributed by atoms with Gasteiger partial charge in [0.2, 0.25) is 0 Å². The Morgan fingerprint density at radius 2 is 1.77 bits per heavy atom. The summed E-state index contributed by atoms with van der Waals surface area (Å²) in [6.07, 6.45) is 0.